The first-order valence-corrected chi connectivity index (χ1v) is 6.34. The molecular weight excluding hydrogens is 272 g/mol. The highest BCUT2D eigenvalue weighted by molar-refractivity contribution is 5.94. The van der Waals surface area contributed by atoms with Crippen LogP contribution in [-0.2, 0) is 6.54 Å². The lowest BCUT2D eigenvalue weighted by atomic mass is 10.1. The lowest BCUT2D eigenvalue weighted by molar-refractivity contribution is 0.0938. The fourth-order valence-electron chi connectivity index (χ4n) is 1.74. The Labute approximate surface area is 121 Å². The number of amides is 3. The minimum atomic E-state index is -0.585. The number of carbonyl (C=O) groups excluding carboxylic acids is 2. The molecule has 8 nitrogen and oxygen atoms in total. The number of aromatic amines is 1. The maximum atomic E-state index is 12.1. The molecule has 0 bridgehead atoms. The molecule has 3 amide bonds. The number of primary amides is 1. The molecular formula is C13H16N6O2. The second-order valence-corrected chi connectivity index (χ2v) is 4.48. The predicted molar refractivity (Wildman–Crippen MR) is 75.1 cm³/mol. The monoisotopic (exact) mass is 288 g/mol. The smallest absolute Gasteiger partial charge is 0.312 e. The van der Waals surface area contributed by atoms with Gasteiger partial charge in [0.1, 0.15) is 12.2 Å². The molecule has 110 valence electrons. The summed E-state index contributed by atoms with van der Waals surface area (Å²) in [5.74, 6) is 0.374. The molecule has 21 heavy (non-hydrogen) atoms. The first-order valence-electron chi connectivity index (χ1n) is 6.34. The molecule has 0 saturated heterocycles. The van der Waals surface area contributed by atoms with Gasteiger partial charge in [0.2, 0.25) is 0 Å². The molecule has 1 aromatic carbocycles. The molecule has 0 spiro atoms. The van der Waals surface area contributed by atoms with Gasteiger partial charge in [-0.3, -0.25) is 9.89 Å². The average molecular weight is 288 g/mol. The fourth-order valence-corrected chi connectivity index (χ4v) is 1.74. The number of carbonyl (C=O) groups is 2. The summed E-state index contributed by atoms with van der Waals surface area (Å²) in [6, 6.07) is 6.02. The molecule has 8 heteroatoms. The Bertz CT molecular complexity index is 608. The van der Waals surface area contributed by atoms with Gasteiger partial charge in [0.25, 0.3) is 5.91 Å². The second-order valence-electron chi connectivity index (χ2n) is 4.48. The third-order valence-corrected chi connectivity index (χ3v) is 2.87. The van der Waals surface area contributed by atoms with E-state index in [1.165, 1.54) is 6.33 Å². The van der Waals surface area contributed by atoms with Gasteiger partial charge in [0, 0.05) is 12.1 Å². The third-order valence-electron chi connectivity index (χ3n) is 2.87. The van der Waals surface area contributed by atoms with Gasteiger partial charge in [-0.05, 0) is 24.6 Å². The Hall–Kier alpha value is -2.90. The zero-order valence-electron chi connectivity index (χ0n) is 11.5. The number of H-pyrrole nitrogens is 1. The first kappa shape index (κ1) is 14.5. The molecule has 1 heterocycles. The van der Waals surface area contributed by atoms with Crippen LogP contribution >= 0.6 is 0 Å². The first-order chi connectivity index (χ1) is 10.1. The zero-order valence-corrected chi connectivity index (χ0v) is 11.5. The molecule has 0 radical (unpaired) electrons. The fraction of sp³-hybridized carbons (Fsp3) is 0.231. The Morgan fingerprint density at radius 1 is 1.33 bits per heavy atom. The molecule has 0 aliphatic heterocycles. The molecule has 0 fully saturated rings. The van der Waals surface area contributed by atoms with Gasteiger partial charge < -0.3 is 16.4 Å². The molecule has 5 N–H and O–H groups in total. The molecule has 1 unspecified atom stereocenters. The summed E-state index contributed by atoms with van der Waals surface area (Å²) in [4.78, 5) is 26.7. The van der Waals surface area contributed by atoms with E-state index in [0.29, 0.717) is 17.9 Å². The molecule has 0 saturated carbocycles. The van der Waals surface area contributed by atoms with Crippen LogP contribution in [0.4, 0.5) is 4.79 Å². The minimum absolute atomic E-state index is 0.215. The van der Waals surface area contributed by atoms with E-state index in [1.54, 1.807) is 24.3 Å². The van der Waals surface area contributed by atoms with Gasteiger partial charge in [-0.2, -0.15) is 5.10 Å². The van der Waals surface area contributed by atoms with E-state index in [1.807, 2.05) is 6.92 Å². The SMILES string of the molecule is CC(NC(=O)c1ccc(CNC(N)=O)cc1)c1ncn[nH]1. The summed E-state index contributed by atoms with van der Waals surface area (Å²) < 4.78 is 0. The van der Waals surface area contributed by atoms with Crippen molar-refractivity contribution in [2.75, 3.05) is 0 Å². The van der Waals surface area contributed by atoms with E-state index >= 15 is 0 Å². The van der Waals surface area contributed by atoms with Crippen molar-refractivity contribution >= 4 is 11.9 Å². The van der Waals surface area contributed by atoms with Crippen molar-refractivity contribution in [1.82, 2.24) is 25.8 Å². The summed E-state index contributed by atoms with van der Waals surface area (Å²) in [7, 11) is 0. The molecule has 2 aromatic rings. The number of nitrogens with one attached hydrogen (secondary N) is 3. The van der Waals surface area contributed by atoms with Crippen LogP contribution in [0.5, 0.6) is 0 Å². The van der Waals surface area contributed by atoms with Crippen LogP contribution in [0.2, 0.25) is 0 Å². The minimum Gasteiger partial charge on any atom is -0.352 e. The van der Waals surface area contributed by atoms with Crippen molar-refractivity contribution in [1.29, 1.82) is 0 Å². The summed E-state index contributed by atoms with van der Waals surface area (Å²) in [6.45, 7) is 2.13. The van der Waals surface area contributed by atoms with Gasteiger partial charge in [0.05, 0.1) is 6.04 Å². The van der Waals surface area contributed by atoms with Gasteiger partial charge in [-0.1, -0.05) is 12.1 Å². The van der Waals surface area contributed by atoms with Crippen LogP contribution in [-0.4, -0.2) is 27.1 Å². The molecule has 0 aliphatic rings. The van der Waals surface area contributed by atoms with E-state index in [2.05, 4.69) is 25.8 Å². The van der Waals surface area contributed by atoms with Crippen molar-refractivity contribution in [2.45, 2.75) is 19.5 Å². The van der Waals surface area contributed by atoms with E-state index in [4.69, 9.17) is 5.73 Å². The van der Waals surface area contributed by atoms with Crippen LogP contribution < -0.4 is 16.4 Å². The summed E-state index contributed by atoms with van der Waals surface area (Å²) >= 11 is 0. The van der Waals surface area contributed by atoms with Gasteiger partial charge in [0.15, 0.2) is 0 Å². The normalized spacial score (nSPS) is 11.7. The number of hydrogen-bond acceptors (Lipinski definition) is 4. The molecule has 1 atom stereocenters. The number of rotatable bonds is 5. The lowest BCUT2D eigenvalue weighted by Crippen LogP contribution is -2.29. The average Bonchev–Trinajstić information content (AvgIpc) is 3.00. The highest BCUT2D eigenvalue weighted by Crippen LogP contribution is 2.08. The maximum absolute atomic E-state index is 12.1. The van der Waals surface area contributed by atoms with Crippen LogP contribution in [0.25, 0.3) is 0 Å². The Balaban J connectivity index is 1.95. The summed E-state index contributed by atoms with van der Waals surface area (Å²) in [5.41, 5.74) is 6.36. The number of hydrogen-bond donors (Lipinski definition) is 4. The molecule has 2 rings (SSSR count). The van der Waals surface area contributed by atoms with Gasteiger partial charge >= 0.3 is 6.03 Å². The van der Waals surface area contributed by atoms with Crippen molar-refractivity contribution < 1.29 is 9.59 Å². The number of aromatic nitrogens is 3. The number of nitrogens with zero attached hydrogens (tertiary/aromatic N) is 2. The largest absolute Gasteiger partial charge is 0.352 e. The van der Waals surface area contributed by atoms with E-state index in [0.717, 1.165) is 5.56 Å². The van der Waals surface area contributed by atoms with Gasteiger partial charge in [-0.25, -0.2) is 9.78 Å². The maximum Gasteiger partial charge on any atom is 0.312 e. The number of benzene rings is 1. The Kier molecular flexibility index (Phi) is 4.50. The van der Waals surface area contributed by atoms with E-state index < -0.39 is 6.03 Å². The standard InChI is InChI=1S/C13H16N6O2/c1-8(11-16-7-17-19-11)18-12(20)10-4-2-9(3-5-10)6-15-13(14)21/h2-5,7-8H,6H2,1H3,(H,18,20)(H3,14,15,21)(H,16,17,19). The lowest BCUT2D eigenvalue weighted by Gasteiger charge is -2.11. The number of urea groups is 1. The zero-order chi connectivity index (χ0) is 15.2. The van der Waals surface area contributed by atoms with Crippen molar-refractivity contribution in [3.8, 4) is 0 Å². The molecule has 1 aromatic heterocycles. The Morgan fingerprint density at radius 2 is 2.05 bits per heavy atom. The van der Waals surface area contributed by atoms with Crippen molar-refractivity contribution in [3.05, 3.63) is 47.5 Å². The van der Waals surface area contributed by atoms with Crippen LogP contribution in [0.15, 0.2) is 30.6 Å². The van der Waals surface area contributed by atoms with Crippen LogP contribution in [0, 0.1) is 0 Å². The van der Waals surface area contributed by atoms with E-state index in [9.17, 15) is 9.59 Å². The molecule has 0 aliphatic carbocycles. The topological polar surface area (TPSA) is 126 Å². The van der Waals surface area contributed by atoms with Crippen LogP contribution in [0.1, 0.15) is 34.7 Å². The van der Waals surface area contributed by atoms with Crippen LogP contribution in [0.3, 0.4) is 0 Å². The number of nitrogens with two attached hydrogens (primary N) is 1. The summed E-state index contributed by atoms with van der Waals surface area (Å²) in [5, 5.41) is 11.7. The van der Waals surface area contributed by atoms with Gasteiger partial charge in [-0.15, -0.1) is 0 Å². The van der Waals surface area contributed by atoms with E-state index in [-0.39, 0.29) is 11.9 Å². The highest BCUT2D eigenvalue weighted by atomic mass is 16.2. The van der Waals surface area contributed by atoms with Crippen molar-refractivity contribution in [2.24, 2.45) is 5.73 Å². The van der Waals surface area contributed by atoms with Crippen molar-refractivity contribution in [3.63, 3.8) is 0 Å². The third kappa shape index (κ3) is 4.03. The Morgan fingerprint density at radius 3 is 2.62 bits per heavy atom. The highest BCUT2D eigenvalue weighted by Gasteiger charge is 2.13. The second kappa shape index (κ2) is 6.51. The quantitative estimate of drug-likeness (QED) is 0.637. The predicted octanol–water partition coefficient (Wildman–Crippen LogP) is 0.464. The summed E-state index contributed by atoms with van der Waals surface area (Å²) in [6.07, 6.45) is 1.39.